The molecule has 0 fully saturated rings. The summed E-state index contributed by atoms with van der Waals surface area (Å²) in [6.07, 6.45) is -1.13. The van der Waals surface area contributed by atoms with Gasteiger partial charge in [0.2, 0.25) is 0 Å². The first-order valence-electron chi connectivity index (χ1n) is 7.23. The van der Waals surface area contributed by atoms with E-state index in [1.54, 1.807) is 0 Å². The Kier molecular flexibility index (Phi) is 6.22. The molecule has 1 aromatic carbocycles. The largest absolute Gasteiger partial charge is 0.465 e. The van der Waals surface area contributed by atoms with Crippen molar-refractivity contribution in [3.63, 3.8) is 0 Å². The second-order valence-electron chi connectivity index (χ2n) is 6.37. The van der Waals surface area contributed by atoms with E-state index in [9.17, 15) is 9.59 Å². The van der Waals surface area contributed by atoms with Gasteiger partial charge in [-0.15, -0.1) is 0 Å². The van der Waals surface area contributed by atoms with E-state index in [4.69, 9.17) is 10.2 Å². The van der Waals surface area contributed by atoms with Gasteiger partial charge in [0.05, 0.1) is 12.1 Å². The summed E-state index contributed by atoms with van der Waals surface area (Å²) in [5.41, 5.74) is 0.671. The van der Waals surface area contributed by atoms with Gasteiger partial charge in [-0.1, -0.05) is 51.1 Å². The fraction of sp³-hybridized carbons (Fsp3) is 0.500. The van der Waals surface area contributed by atoms with E-state index in [2.05, 4.69) is 10.6 Å². The van der Waals surface area contributed by atoms with E-state index in [0.29, 0.717) is 12.8 Å². The maximum absolute atomic E-state index is 11.1. The number of aryl methyl sites for hydroxylation is 1. The molecule has 0 saturated heterocycles. The highest BCUT2D eigenvalue weighted by Gasteiger charge is 2.34. The molecule has 0 bridgehead atoms. The molecule has 1 rings (SSSR count). The van der Waals surface area contributed by atoms with Gasteiger partial charge in [0, 0.05) is 0 Å². The molecule has 122 valence electrons. The third-order valence-corrected chi connectivity index (χ3v) is 3.51. The Morgan fingerprint density at radius 3 is 2.05 bits per heavy atom. The van der Waals surface area contributed by atoms with E-state index in [0.717, 1.165) is 5.56 Å². The zero-order valence-electron chi connectivity index (χ0n) is 13.2. The first-order valence-corrected chi connectivity index (χ1v) is 7.23. The van der Waals surface area contributed by atoms with Crippen molar-refractivity contribution >= 4 is 12.2 Å². The van der Waals surface area contributed by atoms with Crippen molar-refractivity contribution in [3.05, 3.63) is 35.9 Å². The Balaban J connectivity index is 2.88. The molecule has 4 N–H and O–H groups in total. The van der Waals surface area contributed by atoms with Crippen molar-refractivity contribution in [2.45, 2.75) is 45.7 Å². The minimum atomic E-state index is -1.16. The molecule has 0 saturated carbocycles. The number of benzene rings is 1. The second kappa shape index (κ2) is 7.68. The van der Waals surface area contributed by atoms with E-state index in [-0.39, 0.29) is 0 Å². The number of carboxylic acid groups (broad SMARTS) is 2. The van der Waals surface area contributed by atoms with Crippen molar-refractivity contribution in [2.75, 3.05) is 0 Å². The molecule has 0 unspecified atom stereocenters. The zero-order valence-corrected chi connectivity index (χ0v) is 13.2. The van der Waals surface area contributed by atoms with Crippen LogP contribution in [0.2, 0.25) is 0 Å². The van der Waals surface area contributed by atoms with E-state index in [1.165, 1.54) is 0 Å². The topological polar surface area (TPSA) is 98.7 Å². The van der Waals surface area contributed by atoms with Gasteiger partial charge < -0.3 is 20.8 Å². The van der Waals surface area contributed by atoms with Crippen molar-refractivity contribution in [1.82, 2.24) is 10.6 Å². The van der Waals surface area contributed by atoms with Gasteiger partial charge in [-0.3, -0.25) is 0 Å². The summed E-state index contributed by atoms with van der Waals surface area (Å²) >= 11 is 0. The van der Waals surface area contributed by atoms with Crippen LogP contribution in [-0.4, -0.2) is 34.5 Å². The third kappa shape index (κ3) is 6.03. The van der Waals surface area contributed by atoms with Gasteiger partial charge in [0.15, 0.2) is 0 Å². The molecular weight excluding hydrogens is 284 g/mol. The van der Waals surface area contributed by atoms with Gasteiger partial charge in [0.1, 0.15) is 0 Å². The molecule has 0 aromatic heterocycles. The standard InChI is InChI=1S/C16H24N2O4/c1-16(2,3)13(18-15(21)22)12(17-14(19)20)10-9-11-7-5-4-6-8-11/h4-8,12-13,17-18H,9-10H2,1-3H3,(H,19,20)(H,21,22)/t12-,13+/m1/s1. The number of rotatable bonds is 6. The molecule has 6 heteroatoms. The lowest BCUT2D eigenvalue weighted by Crippen LogP contribution is -2.57. The summed E-state index contributed by atoms with van der Waals surface area (Å²) < 4.78 is 0. The first kappa shape index (κ1) is 17.8. The number of nitrogens with one attached hydrogen (secondary N) is 2. The van der Waals surface area contributed by atoms with Crippen LogP contribution in [0.25, 0.3) is 0 Å². The Morgan fingerprint density at radius 2 is 1.59 bits per heavy atom. The van der Waals surface area contributed by atoms with Gasteiger partial charge in [0.25, 0.3) is 0 Å². The van der Waals surface area contributed by atoms with Crippen LogP contribution >= 0.6 is 0 Å². The maximum atomic E-state index is 11.1. The molecule has 22 heavy (non-hydrogen) atoms. The average Bonchev–Trinajstić information content (AvgIpc) is 2.40. The molecule has 2 amide bonds. The van der Waals surface area contributed by atoms with Crippen LogP contribution in [0.15, 0.2) is 30.3 Å². The molecule has 0 heterocycles. The van der Waals surface area contributed by atoms with Gasteiger partial charge >= 0.3 is 12.2 Å². The van der Waals surface area contributed by atoms with Crippen LogP contribution in [-0.2, 0) is 6.42 Å². The van der Waals surface area contributed by atoms with E-state index in [1.807, 2.05) is 51.1 Å². The molecule has 0 aliphatic heterocycles. The van der Waals surface area contributed by atoms with Crippen molar-refractivity contribution in [3.8, 4) is 0 Å². The summed E-state index contributed by atoms with van der Waals surface area (Å²) in [5, 5.41) is 23.0. The van der Waals surface area contributed by atoms with Crippen LogP contribution in [0.5, 0.6) is 0 Å². The SMILES string of the molecule is CC(C)(C)[C@@H](NC(=O)O)[C@@H](CCc1ccccc1)NC(=O)O. The lowest BCUT2D eigenvalue weighted by atomic mass is 9.80. The lowest BCUT2D eigenvalue weighted by Gasteiger charge is -2.36. The van der Waals surface area contributed by atoms with Crippen LogP contribution < -0.4 is 10.6 Å². The Bertz CT molecular complexity index is 497. The summed E-state index contributed by atoms with van der Waals surface area (Å²) in [4.78, 5) is 22.1. The predicted molar refractivity (Wildman–Crippen MR) is 84.1 cm³/mol. The zero-order chi connectivity index (χ0) is 16.8. The fourth-order valence-electron chi connectivity index (χ4n) is 2.50. The minimum absolute atomic E-state index is 0.414. The third-order valence-electron chi connectivity index (χ3n) is 3.51. The quantitative estimate of drug-likeness (QED) is 0.649. The summed E-state index contributed by atoms with van der Waals surface area (Å²) in [5.74, 6) is 0. The second-order valence-corrected chi connectivity index (χ2v) is 6.37. The highest BCUT2D eigenvalue weighted by Crippen LogP contribution is 2.24. The summed E-state index contributed by atoms with van der Waals surface area (Å²) in [6.45, 7) is 5.64. The number of hydrogen-bond donors (Lipinski definition) is 4. The maximum Gasteiger partial charge on any atom is 0.404 e. The molecule has 0 radical (unpaired) electrons. The average molecular weight is 308 g/mol. The summed E-state index contributed by atoms with van der Waals surface area (Å²) in [6, 6.07) is 8.67. The van der Waals surface area contributed by atoms with E-state index >= 15 is 0 Å². The smallest absolute Gasteiger partial charge is 0.404 e. The highest BCUT2D eigenvalue weighted by atomic mass is 16.4. The van der Waals surface area contributed by atoms with Crippen LogP contribution in [0.3, 0.4) is 0 Å². The molecule has 6 nitrogen and oxygen atoms in total. The fourth-order valence-corrected chi connectivity index (χ4v) is 2.50. The minimum Gasteiger partial charge on any atom is -0.465 e. The number of carbonyl (C=O) groups is 2. The highest BCUT2D eigenvalue weighted by molar-refractivity contribution is 5.67. The molecule has 1 aromatic rings. The first-order chi connectivity index (χ1) is 10.2. The summed E-state index contributed by atoms with van der Waals surface area (Å²) in [7, 11) is 0. The molecule has 0 spiro atoms. The Hall–Kier alpha value is -2.24. The van der Waals surface area contributed by atoms with Crippen LogP contribution in [0.4, 0.5) is 9.59 Å². The monoisotopic (exact) mass is 308 g/mol. The molecular formula is C16H24N2O4. The van der Waals surface area contributed by atoms with Gasteiger partial charge in [-0.05, 0) is 23.8 Å². The van der Waals surface area contributed by atoms with Crippen molar-refractivity contribution < 1.29 is 19.8 Å². The molecule has 0 aliphatic rings. The van der Waals surface area contributed by atoms with Crippen molar-refractivity contribution in [2.24, 2.45) is 5.41 Å². The molecule has 2 atom stereocenters. The number of amides is 2. The molecule has 0 aliphatic carbocycles. The van der Waals surface area contributed by atoms with Gasteiger partial charge in [-0.2, -0.15) is 0 Å². The lowest BCUT2D eigenvalue weighted by molar-refractivity contribution is 0.148. The van der Waals surface area contributed by atoms with E-state index < -0.39 is 29.7 Å². The van der Waals surface area contributed by atoms with Crippen LogP contribution in [0.1, 0.15) is 32.8 Å². The Labute approximate surface area is 130 Å². The predicted octanol–water partition coefficient (Wildman–Crippen LogP) is 2.94. The normalized spacial score (nSPS) is 14.0. The number of hydrogen-bond acceptors (Lipinski definition) is 2. The van der Waals surface area contributed by atoms with Crippen molar-refractivity contribution in [1.29, 1.82) is 0 Å². The van der Waals surface area contributed by atoms with Crippen LogP contribution in [0, 0.1) is 5.41 Å². The Morgan fingerprint density at radius 1 is 1.05 bits per heavy atom. The van der Waals surface area contributed by atoms with Gasteiger partial charge in [-0.25, -0.2) is 9.59 Å².